The fourth-order valence-corrected chi connectivity index (χ4v) is 2.52. The molecule has 1 aliphatic rings. The number of hydrogen-bond donors (Lipinski definition) is 0. The van der Waals surface area contributed by atoms with E-state index in [1.807, 2.05) is 25.1 Å². The first-order chi connectivity index (χ1) is 11.3. The van der Waals surface area contributed by atoms with Gasteiger partial charge in [-0.1, -0.05) is 11.2 Å². The Morgan fingerprint density at radius 2 is 2.22 bits per heavy atom. The first kappa shape index (κ1) is 14.1. The monoisotopic (exact) mass is 311 g/mol. The van der Waals surface area contributed by atoms with Crippen LogP contribution in [0.25, 0.3) is 17.3 Å². The van der Waals surface area contributed by atoms with Crippen LogP contribution in [0, 0.1) is 6.92 Å². The van der Waals surface area contributed by atoms with Gasteiger partial charge in [0.1, 0.15) is 5.76 Å². The molecule has 4 rings (SSSR count). The maximum atomic E-state index is 5.35. The lowest BCUT2D eigenvalue weighted by Crippen LogP contribution is -2.03. The van der Waals surface area contributed by atoms with Crippen molar-refractivity contribution >= 4 is 0 Å². The van der Waals surface area contributed by atoms with E-state index in [2.05, 4.69) is 15.2 Å². The predicted molar refractivity (Wildman–Crippen MR) is 82.1 cm³/mol. The van der Waals surface area contributed by atoms with Crippen LogP contribution in [0.1, 0.15) is 35.9 Å². The highest BCUT2D eigenvalue weighted by atomic mass is 16.5. The smallest absolute Gasteiger partial charge is 0.187 e. The van der Waals surface area contributed by atoms with E-state index in [-0.39, 0.29) is 0 Å². The molecule has 1 fully saturated rings. The number of aryl methyl sites for hydroxylation is 1. The van der Waals surface area contributed by atoms with Gasteiger partial charge in [-0.05, 0) is 31.9 Å². The van der Waals surface area contributed by atoms with Gasteiger partial charge in [-0.25, -0.2) is 9.97 Å². The Hall–Kier alpha value is -2.54. The van der Waals surface area contributed by atoms with Crippen molar-refractivity contribution in [3.05, 3.63) is 41.5 Å². The highest BCUT2D eigenvalue weighted by Gasteiger charge is 2.31. The molecule has 3 aromatic rings. The van der Waals surface area contributed by atoms with E-state index in [9.17, 15) is 0 Å². The molecule has 3 aromatic heterocycles. The predicted octanol–water partition coefficient (Wildman–Crippen LogP) is 2.65. The van der Waals surface area contributed by atoms with Crippen molar-refractivity contribution in [1.29, 1.82) is 0 Å². The molecule has 0 radical (unpaired) electrons. The second-order valence-electron chi connectivity index (χ2n) is 5.67. The van der Waals surface area contributed by atoms with Crippen molar-refractivity contribution in [2.45, 2.75) is 32.3 Å². The Morgan fingerprint density at radius 3 is 2.91 bits per heavy atom. The number of hydrogen-bond acceptors (Lipinski definition) is 6. The van der Waals surface area contributed by atoms with Crippen LogP contribution < -0.4 is 0 Å². The average Bonchev–Trinajstić information content (AvgIpc) is 3.24. The largest absolute Gasteiger partial charge is 0.380 e. The average molecular weight is 311 g/mol. The van der Waals surface area contributed by atoms with Crippen LogP contribution in [-0.4, -0.2) is 32.0 Å². The molecule has 0 N–H and O–H groups in total. The maximum Gasteiger partial charge on any atom is 0.187 e. The summed E-state index contributed by atoms with van der Waals surface area (Å²) in [7, 11) is 1.65. The number of rotatable bonds is 5. The first-order valence-electron chi connectivity index (χ1n) is 7.60. The van der Waals surface area contributed by atoms with E-state index < -0.39 is 0 Å². The second kappa shape index (κ2) is 5.58. The summed E-state index contributed by atoms with van der Waals surface area (Å²) >= 11 is 0. The van der Waals surface area contributed by atoms with Gasteiger partial charge in [-0.2, -0.15) is 4.68 Å². The van der Waals surface area contributed by atoms with Crippen molar-refractivity contribution in [2.24, 2.45) is 0 Å². The zero-order chi connectivity index (χ0) is 15.8. The molecule has 0 unspecified atom stereocenters. The van der Waals surface area contributed by atoms with E-state index in [0.29, 0.717) is 29.9 Å². The summed E-state index contributed by atoms with van der Waals surface area (Å²) in [5.41, 5.74) is 1.55. The summed E-state index contributed by atoms with van der Waals surface area (Å²) in [4.78, 5) is 9.09. The Kier molecular flexibility index (Phi) is 3.42. The van der Waals surface area contributed by atoms with Crippen LogP contribution in [0.15, 0.2) is 28.9 Å². The molecule has 0 aromatic carbocycles. The summed E-state index contributed by atoms with van der Waals surface area (Å²) in [5.74, 6) is 3.37. The lowest BCUT2D eigenvalue weighted by molar-refractivity contribution is 0.183. The Balaban J connectivity index is 1.87. The minimum absolute atomic E-state index is 0.415. The van der Waals surface area contributed by atoms with Crippen LogP contribution in [0.4, 0.5) is 0 Å². The zero-order valence-electron chi connectivity index (χ0n) is 13.1. The van der Waals surface area contributed by atoms with Crippen LogP contribution in [0.3, 0.4) is 0 Å². The molecule has 7 heteroatoms. The molecule has 1 saturated carbocycles. The number of nitrogens with zero attached hydrogens (tertiary/aromatic N) is 5. The Morgan fingerprint density at radius 1 is 1.35 bits per heavy atom. The molecule has 0 spiro atoms. The molecule has 1 aliphatic carbocycles. The molecular formula is C16H17N5O2. The summed E-state index contributed by atoms with van der Waals surface area (Å²) in [5, 5.41) is 8.83. The van der Waals surface area contributed by atoms with Gasteiger partial charge in [-0.15, -0.1) is 5.10 Å². The molecule has 0 atom stereocenters. The van der Waals surface area contributed by atoms with Gasteiger partial charge in [0.15, 0.2) is 23.2 Å². The quantitative estimate of drug-likeness (QED) is 0.720. The highest BCUT2D eigenvalue weighted by Crippen LogP contribution is 2.39. The van der Waals surface area contributed by atoms with E-state index in [1.54, 1.807) is 18.0 Å². The molecule has 3 heterocycles. The minimum Gasteiger partial charge on any atom is -0.380 e. The van der Waals surface area contributed by atoms with Gasteiger partial charge in [0.25, 0.3) is 0 Å². The van der Waals surface area contributed by atoms with E-state index >= 15 is 0 Å². The number of pyridine rings is 1. The number of ether oxygens (including phenoxy) is 1. The molecule has 0 amide bonds. The molecular weight excluding hydrogens is 294 g/mol. The molecule has 0 bridgehead atoms. The third-order valence-electron chi connectivity index (χ3n) is 3.92. The van der Waals surface area contributed by atoms with Crippen molar-refractivity contribution in [3.63, 3.8) is 0 Å². The number of methoxy groups -OCH3 is 1. The fraction of sp³-hybridized carbons (Fsp3) is 0.375. The molecule has 118 valence electrons. The number of aromatic nitrogens is 5. The maximum absolute atomic E-state index is 5.35. The molecule has 23 heavy (non-hydrogen) atoms. The second-order valence-corrected chi connectivity index (χ2v) is 5.67. The summed E-state index contributed by atoms with van der Waals surface area (Å²) in [6.45, 7) is 2.28. The molecule has 0 saturated heterocycles. The van der Waals surface area contributed by atoms with Gasteiger partial charge in [0, 0.05) is 19.2 Å². The topological polar surface area (TPSA) is 78.9 Å². The first-order valence-corrected chi connectivity index (χ1v) is 7.60. The van der Waals surface area contributed by atoms with Crippen molar-refractivity contribution < 1.29 is 9.26 Å². The summed E-state index contributed by atoms with van der Waals surface area (Å²) in [6.07, 6.45) is 4.00. The van der Waals surface area contributed by atoms with Gasteiger partial charge < -0.3 is 9.26 Å². The standard InChI is InChI=1S/C16H17N5O2/c1-10-12(9-22-2)14(20-23-10)16-18-15(11-6-7-11)19-21(16)13-5-3-4-8-17-13/h3-5,8,11H,6-7,9H2,1-2H3. The SMILES string of the molecule is COCc1c(-c2nc(C3CC3)nn2-c2ccccn2)noc1C. The summed E-state index contributed by atoms with van der Waals surface area (Å²) in [6, 6.07) is 5.70. The Bertz CT molecular complexity index is 820. The van der Waals surface area contributed by atoms with Crippen molar-refractivity contribution in [3.8, 4) is 17.3 Å². The third kappa shape index (κ3) is 2.53. The molecule has 0 aliphatic heterocycles. The third-order valence-corrected chi connectivity index (χ3v) is 3.92. The van der Waals surface area contributed by atoms with E-state index in [1.165, 1.54) is 0 Å². The van der Waals surface area contributed by atoms with Crippen molar-refractivity contribution in [2.75, 3.05) is 7.11 Å². The molecule has 7 nitrogen and oxygen atoms in total. The van der Waals surface area contributed by atoms with Crippen LogP contribution in [0.5, 0.6) is 0 Å². The van der Waals surface area contributed by atoms with Gasteiger partial charge in [-0.3, -0.25) is 0 Å². The van der Waals surface area contributed by atoms with Crippen LogP contribution in [0.2, 0.25) is 0 Å². The lowest BCUT2D eigenvalue weighted by atomic mass is 10.2. The van der Waals surface area contributed by atoms with Gasteiger partial charge >= 0.3 is 0 Å². The van der Waals surface area contributed by atoms with E-state index in [0.717, 1.165) is 30.0 Å². The normalized spacial score (nSPS) is 14.3. The van der Waals surface area contributed by atoms with Gasteiger partial charge in [0.2, 0.25) is 0 Å². The fourth-order valence-electron chi connectivity index (χ4n) is 2.52. The van der Waals surface area contributed by atoms with Crippen LogP contribution >= 0.6 is 0 Å². The van der Waals surface area contributed by atoms with Crippen LogP contribution in [-0.2, 0) is 11.3 Å². The zero-order valence-corrected chi connectivity index (χ0v) is 13.1. The van der Waals surface area contributed by atoms with Gasteiger partial charge in [0.05, 0.1) is 12.2 Å². The van der Waals surface area contributed by atoms with E-state index in [4.69, 9.17) is 14.2 Å². The lowest BCUT2D eigenvalue weighted by Gasteiger charge is -2.04. The Labute approximate surface area is 133 Å². The summed E-state index contributed by atoms with van der Waals surface area (Å²) < 4.78 is 12.4. The highest BCUT2D eigenvalue weighted by molar-refractivity contribution is 5.57. The van der Waals surface area contributed by atoms with Crippen molar-refractivity contribution in [1.82, 2.24) is 24.9 Å². The minimum atomic E-state index is 0.415.